The third-order valence-electron chi connectivity index (χ3n) is 2.99. The molecule has 0 N–H and O–H groups in total. The van der Waals surface area contributed by atoms with E-state index < -0.39 is 18.0 Å². The van der Waals surface area contributed by atoms with Crippen molar-refractivity contribution in [3.63, 3.8) is 0 Å². The molecule has 0 heterocycles. The third kappa shape index (κ3) is 6.11. The fraction of sp³-hybridized carbons (Fsp3) is 0.500. The van der Waals surface area contributed by atoms with Crippen LogP contribution in [0.15, 0.2) is 23.2 Å². The van der Waals surface area contributed by atoms with Gasteiger partial charge in [-0.05, 0) is 32.0 Å². The lowest BCUT2D eigenvalue weighted by atomic mass is 10.0. The van der Waals surface area contributed by atoms with Crippen molar-refractivity contribution in [2.24, 2.45) is 4.99 Å². The number of halogens is 4. The molecule has 0 aromatic heterocycles. The lowest BCUT2D eigenvalue weighted by Crippen LogP contribution is -2.22. The SMILES string of the molecule is CCOC(CN=C(CC#N)c1cc(C(F)(F)F)ccc1Cl)OCC. The first-order valence-electron chi connectivity index (χ1n) is 7.34. The van der Waals surface area contributed by atoms with Gasteiger partial charge in [-0.1, -0.05) is 11.6 Å². The average molecular weight is 363 g/mol. The number of aliphatic imine (C=N–C) groups is 1. The minimum Gasteiger partial charge on any atom is -0.351 e. The highest BCUT2D eigenvalue weighted by molar-refractivity contribution is 6.34. The van der Waals surface area contributed by atoms with Gasteiger partial charge in [-0.25, -0.2) is 0 Å². The van der Waals surface area contributed by atoms with Gasteiger partial charge in [0.15, 0.2) is 6.29 Å². The van der Waals surface area contributed by atoms with E-state index in [1.807, 2.05) is 6.07 Å². The largest absolute Gasteiger partial charge is 0.416 e. The first kappa shape index (κ1) is 20.4. The number of ether oxygens (including phenoxy) is 2. The van der Waals surface area contributed by atoms with Crippen molar-refractivity contribution in [3.8, 4) is 6.07 Å². The zero-order chi connectivity index (χ0) is 18.2. The van der Waals surface area contributed by atoms with E-state index >= 15 is 0 Å². The van der Waals surface area contributed by atoms with Crippen LogP contribution in [0.4, 0.5) is 13.2 Å². The van der Waals surface area contributed by atoms with E-state index in [9.17, 15) is 13.2 Å². The summed E-state index contributed by atoms with van der Waals surface area (Å²) in [6, 6.07) is 4.82. The van der Waals surface area contributed by atoms with Gasteiger partial charge >= 0.3 is 6.18 Å². The van der Waals surface area contributed by atoms with Crippen molar-refractivity contribution in [3.05, 3.63) is 34.3 Å². The molecule has 1 rings (SSSR count). The molecule has 24 heavy (non-hydrogen) atoms. The Morgan fingerprint density at radius 3 is 2.42 bits per heavy atom. The molecule has 0 atom stereocenters. The normalized spacial score (nSPS) is 12.5. The number of hydrogen-bond acceptors (Lipinski definition) is 4. The van der Waals surface area contributed by atoms with Crippen molar-refractivity contribution in [1.29, 1.82) is 5.26 Å². The fourth-order valence-corrected chi connectivity index (χ4v) is 2.17. The van der Waals surface area contributed by atoms with Crippen LogP contribution in [-0.4, -0.2) is 31.8 Å². The van der Waals surface area contributed by atoms with Crippen LogP contribution in [-0.2, 0) is 15.7 Å². The van der Waals surface area contributed by atoms with Gasteiger partial charge in [0.25, 0.3) is 0 Å². The number of hydrogen-bond donors (Lipinski definition) is 0. The zero-order valence-electron chi connectivity index (χ0n) is 13.4. The molecule has 0 spiro atoms. The smallest absolute Gasteiger partial charge is 0.351 e. The topological polar surface area (TPSA) is 54.6 Å². The molecule has 0 fully saturated rings. The standard InChI is InChI=1S/C16H18ClF3N2O2/c1-3-23-15(24-4-2)10-22-14(7-8-21)12-9-11(16(18,19)20)5-6-13(12)17/h5-6,9,15H,3-4,7,10H2,1-2H3. The van der Waals surface area contributed by atoms with Crippen LogP contribution in [0.1, 0.15) is 31.4 Å². The highest BCUT2D eigenvalue weighted by Gasteiger charge is 2.31. The van der Waals surface area contributed by atoms with E-state index in [2.05, 4.69) is 4.99 Å². The van der Waals surface area contributed by atoms with E-state index in [0.717, 1.165) is 18.2 Å². The summed E-state index contributed by atoms with van der Waals surface area (Å²) in [6.45, 7) is 4.44. The Morgan fingerprint density at radius 2 is 1.92 bits per heavy atom. The molecule has 0 aliphatic heterocycles. The van der Waals surface area contributed by atoms with Crippen molar-refractivity contribution in [1.82, 2.24) is 0 Å². The fourth-order valence-electron chi connectivity index (χ4n) is 1.94. The Bertz CT molecular complexity index is 606. The first-order chi connectivity index (χ1) is 11.3. The van der Waals surface area contributed by atoms with E-state index in [-0.39, 0.29) is 29.3 Å². The van der Waals surface area contributed by atoms with Gasteiger partial charge in [0.05, 0.1) is 30.3 Å². The summed E-state index contributed by atoms with van der Waals surface area (Å²) >= 11 is 5.99. The predicted molar refractivity (Wildman–Crippen MR) is 85.1 cm³/mol. The summed E-state index contributed by atoms with van der Waals surface area (Å²) in [5.74, 6) is 0. The number of nitrogens with zero attached hydrogens (tertiary/aromatic N) is 2. The van der Waals surface area contributed by atoms with Gasteiger partial charge in [-0.3, -0.25) is 4.99 Å². The summed E-state index contributed by atoms with van der Waals surface area (Å²) in [5, 5.41) is 9.03. The second-order valence-electron chi connectivity index (χ2n) is 4.65. The summed E-state index contributed by atoms with van der Waals surface area (Å²) in [4.78, 5) is 4.20. The molecule has 0 amide bonds. The van der Waals surface area contributed by atoms with E-state index in [0.29, 0.717) is 13.2 Å². The molecule has 8 heteroatoms. The zero-order valence-corrected chi connectivity index (χ0v) is 14.1. The van der Waals surface area contributed by atoms with Crippen molar-refractivity contribution in [2.75, 3.05) is 19.8 Å². The molecule has 0 saturated heterocycles. The van der Waals surface area contributed by atoms with E-state index in [1.165, 1.54) is 0 Å². The highest BCUT2D eigenvalue weighted by Crippen LogP contribution is 2.32. The molecule has 0 bridgehead atoms. The van der Waals surface area contributed by atoms with Crippen LogP contribution in [0.2, 0.25) is 5.02 Å². The van der Waals surface area contributed by atoms with Gasteiger partial charge < -0.3 is 9.47 Å². The summed E-state index contributed by atoms with van der Waals surface area (Å²) in [5.41, 5.74) is -0.600. The molecular formula is C16H18ClF3N2O2. The minimum absolute atomic E-state index is 0.0608. The lowest BCUT2D eigenvalue weighted by molar-refractivity contribution is -0.137. The van der Waals surface area contributed by atoms with Gasteiger partial charge in [0.2, 0.25) is 0 Å². The lowest BCUT2D eigenvalue weighted by Gasteiger charge is -2.16. The van der Waals surface area contributed by atoms with Crippen molar-refractivity contribution < 1.29 is 22.6 Å². The van der Waals surface area contributed by atoms with Gasteiger partial charge in [0, 0.05) is 23.8 Å². The number of benzene rings is 1. The molecular weight excluding hydrogens is 345 g/mol. The third-order valence-corrected chi connectivity index (χ3v) is 3.32. The monoisotopic (exact) mass is 362 g/mol. The molecule has 4 nitrogen and oxygen atoms in total. The average Bonchev–Trinajstić information content (AvgIpc) is 2.51. The number of nitriles is 1. The number of rotatable bonds is 8. The maximum absolute atomic E-state index is 12.9. The molecule has 0 unspecified atom stereocenters. The molecule has 1 aromatic rings. The summed E-state index contributed by atoms with van der Waals surface area (Å²) < 4.78 is 49.3. The Hall–Kier alpha value is -1.62. The predicted octanol–water partition coefficient (Wildman–Crippen LogP) is 4.46. The van der Waals surface area contributed by atoms with Crippen molar-refractivity contribution in [2.45, 2.75) is 32.7 Å². The van der Waals surface area contributed by atoms with Crippen LogP contribution in [0, 0.1) is 11.3 Å². The first-order valence-corrected chi connectivity index (χ1v) is 7.71. The Labute approximate surface area is 143 Å². The summed E-state index contributed by atoms with van der Waals surface area (Å²) in [6.07, 6.45) is -5.30. The molecule has 0 radical (unpaired) electrons. The van der Waals surface area contributed by atoms with Gasteiger partial charge in [-0.2, -0.15) is 18.4 Å². The molecule has 0 saturated carbocycles. The molecule has 1 aromatic carbocycles. The second kappa shape index (κ2) is 9.62. The molecule has 132 valence electrons. The Kier molecular flexibility index (Phi) is 8.19. The van der Waals surface area contributed by atoms with Gasteiger partial charge in [-0.15, -0.1) is 0 Å². The minimum atomic E-state index is -4.50. The van der Waals surface area contributed by atoms with Crippen LogP contribution < -0.4 is 0 Å². The van der Waals surface area contributed by atoms with Crippen LogP contribution in [0.3, 0.4) is 0 Å². The number of alkyl halides is 3. The van der Waals surface area contributed by atoms with Gasteiger partial charge in [0.1, 0.15) is 0 Å². The quantitative estimate of drug-likeness (QED) is 0.506. The van der Waals surface area contributed by atoms with Crippen LogP contribution >= 0.6 is 11.6 Å². The van der Waals surface area contributed by atoms with Crippen molar-refractivity contribution >= 4 is 17.3 Å². The second-order valence-corrected chi connectivity index (χ2v) is 5.06. The highest BCUT2D eigenvalue weighted by atomic mass is 35.5. The Morgan fingerprint density at radius 1 is 1.29 bits per heavy atom. The van der Waals surface area contributed by atoms with Crippen LogP contribution in [0.5, 0.6) is 0 Å². The molecule has 0 aliphatic carbocycles. The van der Waals surface area contributed by atoms with Crippen LogP contribution in [0.25, 0.3) is 0 Å². The summed E-state index contributed by atoms with van der Waals surface area (Å²) in [7, 11) is 0. The molecule has 0 aliphatic rings. The maximum atomic E-state index is 12.9. The van der Waals surface area contributed by atoms with E-state index in [1.54, 1.807) is 13.8 Å². The maximum Gasteiger partial charge on any atom is 0.416 e. The Balaban J connectivity index is 3.15. The van der Waals surface area contributed by atoms with E-state index in [4.69, 9.17) is 26.3 Å².